The number of carbonyl (C=O) groups excluding carboxylic acids is 1. The van der Waals surface area contributed by atoms with E-state index in [1.807, 2.05) is 11.9 Å². The molecule has 3 heteroatoms. The molecule has 0 aliphatic carbocycles. The van der Waals surface area contributed by atoms with Crippen molar-refractivity contribution >= 4 is 5.91 Å². The molecule has 3 nitrogen and oxygen atoms in total. The number of nitrogens with zero attached hydrogens (tertiary/aromatic N) is 1. The van der Waals surface area contributed by atoms with Crippen LogP contribution in [0.5, 0.6) is 0 Å². The van der Waals surface area contributed by atoms with E-state index in [2.05, 4.69) is 50.4 Å². The second kappa shape index (κ2) is 5.96. The van der Waals surface area contributed by atoms with Gasteiger partial charge in [0.05, 0.1) is 5.41 Å². The van der Waals surface area contributed by atoms with Gasteiger partial charge in [-0.25, -0.2) is 0 Å². The fourth-order valence-electron chi connectivity index (χ4n) is 3.17. The number of amides is 1. The Labute approximate surface area is 122 Å². The molecule has 1 atom stereocenters. The van der Waals surface area contributed by atoms with Crippen LogP contribution in [0.4, 0.5) is 0 Å². The summed E-state index contributed by atoms with van der Waals surface area (Å²) in [5, 5.41) is 3.36. The van der Waals surface area contributed by atoms with Crippen LogP contribution >= 0.6 is 0 Å². The summed E-state index contributed by atoms with van der Waals surface area (Å²) in [6.45, 7) is 8.84. The van der Waals surface area contributed by atoms with E-state index in [-0.39, 0.29) is 11.3 Å². The van der Waals surface area contributed by atoms with Crippen LogP contribution in [0.1, 0.15) is 31.4 Å². The molecule has 1 fully saturated rings. The summed E-state index contributed by atoms with van der Waals surface area (Å²) < 4.78 is 0. The molecule has 1 saturated heterocycles. The standard InChI is InChI=1S/C17H26N2O/c1-13(2)17(8-9-18-12-17)16(20)19(4)11-15-7-5-6-14(3)10-15/h5-7,10,13,18H,8-9,11-12H2,1-4H3. The van der Waals surface area contributed by atoms with Crippen molar-refractivity contribution in [2.75, 3.05) is 20.1 Å². The first-order chi connectivity index (χ1) is 9.45. The van der Waals surface area contributed by atoms with Gasteiger partial charge in [0.25, 0.3) is 0 Å². The molecule has 0 bridgehead atoms. The van der Waals surface area contributed by atoms with Crippen molar-refractivity contribution in [3.8, 4) is 0 Å². The van der Waals surface area contributed by atoms with Gasteiger partial charge in [-0.15, -0.1) is 0 Å². The van der Waals surface area contributed by atoms with E-state index in [0.717, 1.165) is 19.5 Å². The Bertz CT molecular complexity index is 476. The zero-order valence-electron chi connectivity index (χ0n) is 13.1. The Kier molecular flexibility index (Phi) is 4.48. The Balaban J connectivity index is 2.12. The van der Waals surface area contributed by atoms with Crippen molar-refractivity contribution in [2.24, 2.45) is 11.3 Å². The lowest BCUT2D eigenvalue weighted by molar-refractivity contribution is -0.142. The number of nitrogens with one attached hydrogen (secondary N) is 1. The van der Waals surface area contributed by atoms with Gasteiger partial charge in [0.15, 0.2) is 0 Å². The van der Waals surface area contributed by atoms with Crippen LogP contribution in [0.25, 0.3) is 0 Å². The number of carbonyl (C=O) groups is 1. The van der Waals surface area contributed by atoms with E-state index in [9.17, 15) is 4.79 Å². The summed E-state index contributed by atoms with van der Waals surface area (Å²) in [4.78, 5) is 14.8. The quantitative estimate of drug-likeness (QED) is 0.915. The fraction of sp³-hybridized carbons (Fsp3) is 0.588. The van der Waals surface area contributed by atoms with Gasteiger partial charge in [-0.05, 0) is 31.4 Å². The largest absolute Gasteiger partial charge is 0.341 e. The number of aryl methyl sites for hydroxylation is 1. The van der Waals surface area contributed by atoms with Gasteiger partial charge in [-0.2, -0.15) is 0 Å². The summed E-state index contributed by atoms with van der Waals surface area (Å²) in [5.41, 5.74) is 2.22. The van der Waals surface area contributed by atoms with Crippen molar-refractivity contribution in [1.29, 1.82) is 0 Å². The van der Waals surface area contributed by atoms with E-state index < -0.39 is 0 Å². The normalized spacial score (nSPS) is 22.2. The van der Waals surface area contributed by atoms with E-state index in [0.29, 0.717) is 12.5 Å². The molecule has 0 aromatic heterocycles. The van der Waals surface area contributed by atoms with E-state index >= 15 is 0 Å². The van der Waals surface area contributed by atoms with Gasteiger partial charge in [0.1, 0.15) is 0 Å². The molecule has 20 heavy (non-hydrogen) atoms. The molecule has 1 aliphatic heterocycles. The topological polar surface area (TPSA) is 32.3 Å². The van der Waals surface area contributed by atoms with E-state index in [1.165, 1.54) is 11.1 Å². The third-order valence-electron chi connectivity index (χ3n) is 4.57. The third-order valence-corrected chi connectivity index (χ3v) is 4.57. The lowest BCUT2D eigenvalue weighted by Gasteiger charge is -2.35. The molecular formula is C17H26N2O. The first-order valence-corrected chi connectivity index (χ1v) is 7.47. The highest BCUT2D eigenvalue weighted by atomic mass is 16.2. The van der Waals surface area contributed by atoms with Gasteiger partial charge < -0.3 is 10.2 Å². The summed E-state index contributed by atoms with van der Waals surface area (Å²) >= 11 is 0. The number of hydrogen-bond donors (Lipinski definition) is 1. The Hall–Kier alpha value is -1.35. The van der Waals surface area contributed by atoms with Crippen molar-refractivity contribution in [2.45, 2.75) is 33.7 Å². The average molecular weight is 274 g/mol. The molecule has 0 spiro atoms. The molecule has 110 valence electrons. The molecule has 1 N–H and O–H groups in total. The fourth-order valence-corrected chi connectivity index (χ4v) is 3.17. The van der Waals surface area contributed by atoms with Crippen LogP contribution in [0.3, 0.4) is 0 Å². The second-order valence-electron chi connectivity index (χ2n) is 6.39. The molecule has 1 amide bonds. The maximum absolute atomic E-state index is 12.9. The number of benzene rings is 1. The van der Waals surface area contributed by atoms with Crippen molar-refractivity contribution in [1.82, 2.24) is 10.2 Å². The molecule has 1 aromatic carbocycles. The number of hydrogen-bond acceptors (Lipinski definition) is 2. The van der Waals surface area contributed by atoms with Gasteiger partial charge in [-0.3, -0.25) is 4.79 Å². The molecule has 1 aliphatic rings. The maximum atomic E-state index is 12.9. The maximum Gasteiger partial charge on any atom is 0.230 e. The van der Waals surface area contributed by atoms with Crippen LogP contribution in [-0.4, -0.2) is 30.9 Å². The van der Waals surface area contributed by atoms with Crippen LogP contribution in [0.15, 0.2) is 24.3 Å². The summed E-state index contributed by atoms with van der Waals surface area (Å²) in [6, 6.07) is 8.38. The first-order valence-electron chi connectivity index (χ1n) is 7.47. The van der Waals surface area contributed by atoms with Crippen LogP contribution in [0, 0.1) is 18.3 Å². The first kappa shape index (κ1) is 15.0. The zero-order valence-corrected chi connectivity index (χ0v) is 13.1. The molecule has 1 unspecified atom stereocenters. The van der Waals surface area contributed by atoms with Crippen molar-refractivity contribution in [3.05, 3.63) is 35.4 Å². The highest BCUT2D eigenvalue weighted by molar-refractivity contribution is 5.83. The number of rotatable bonds is 4. The Morgan fingerprint density at radius 1 is 1.45 bits per heavy atom. The molecule has 0 saturated carbocycles. The molecule has 1 aromatic rings. The van der Waals surface area contributed by atoms with E-state index in [1.54, 1.807) is 0 Å². The van der Waals surface area contributed by atoms with Crippen LogP contribution < -0.4 is 5.32 Å². The van der Waals surface area contributed by atoms with Gasteiger partial charge in [0, 0.05) is 20.1 Å². The molecular weight excluding hydrogens is 248 g/mol. The molecule has 0 radical (unpaired) electrons. The lowest BCUT2D eigenvalue weighted by atomic mass is 9.75. The minimum Gasteiger partial charge on any atom is -0.341 e. The monoisotopic (exact) mass is 274 g/mol. The zero-order chi connectivity index (χ0) is 14.8. The predicted molar refractivity (Wildman–Crippen MR) is 82.4 cm³/mol. The SMILES string of the molecule is Cc1cccc(CN(C)C(=O)C2(C(C)C)CCNC2)c1. The van der Waals surface area contributed by atoms with Gasteiger partial charge in [0.2, 0.25) is 5.91 Å². The Morgan fingerprint density at radius 2 is 2.20 bits per heavy atom. The van der Waals surface area contributed by atoms with Crippen LogP contribution in [0.2, 0.25) is 0 Å². The highest BCUT2D eigenvalue weighted by Crippen LogP contribution is 2.36. The minimum absolute atomic E-state index is 0.224. The molecule has 1 heterocycles. The van der Waals surface area contributed by atoms with Crippen molar-refractivity contribution < 1.29 is 4.79 Å². The third kappa shape index (κ3) is 2.88. The van der Waals surface area contributed by atoms with Crippen LogP contribution in [-0.2, 0) is 11.3 Å². The van der Waals surface area contributed by atoms with Gasteiger partial charge in [-0.1, -0.05) is 43.7 Å². The highest BCUT2D eigenvalue weighted by Gasteiger charge is 2.45. The Morgan fingerprint density at radius 3 is 2.75 bits per heavy atom. The second-order valence-corrected chi connectivity index (χ2v) is 6.39. The van der Waals surface area contributed by atoms with Crippen molar-refractivity contribution in [3.63, 3.8) is 0 Å². The predicted octanol–water partition coefficient (Wildman–Crippen LogP) is 2.59. The molecule has 2 rings (SSSR count). The summed E-state index contributed by atoms with van der Waals surface area (Å²) in [7, 11) is 1.92. The van der Waals surface area contributed by atoms with E-state index in [4.69, 9.17) is 0 Å². The smallest absolute Gasteiger partial charge is 0.230 e. The van der Waals surface area contributed by atoms with Gasteiger partial charge >= 0.3 is 0 Å². The summed E-state index contributed by atoms with van der Waals surface area (Å²) in [6.07, 6.45) is 0.946. The lowest BCUT2D eigenvalue weighted by Crippen LogP contribution is -2.46. The minimum atomic E-state index is -0.224. The summed E-state index contributed by atoms with van der Waals surface area (Å²) in [5.74, 6) is 0.643. The average Bonchev–Trinajstić information content (AvgIpc) is 2.88.